The summed E-state index contributed by atoms with van der Waals surface area (Å²) in [6, 6.07) is 14.6. The number of nitrogens with zero attached hydrogens (tertiary/aromatic N) is 4. The van der Waals surface area contributed by atoms with E-state index in [4.69, 9.17) is 44.3 Å². The third-order valence-electron chi connectivity index (χ3n) is 5.78. The van der Waals surface area contributed by atoms with Crippen molar-refractivity contribution in [1.29, 1.82) is 0 Å². The molecule has 0 radical (unpaired) electrons. The van der Waals surface area contributed by atoms with Gasteiger partial charge in [-0.1, -0.05) is 89.9 Å². The van der Waals surface area contributed by atoms with Gasteiger partial charge in [0.15, 0.2) is 6.29 Å². The van der Waals surface area contributed by atoms with Gasteiger partial charge in [-0.3, -0.25) is 4.79 Å². The minimum Gasteiger partial charge on any atom is -0.392 e. The number of anilines is 1. The maximum atomic E-state index is 11.9. The zero-order valence-corrected chi connectivity index (χ0v) is 22.4. The lowest BCUT2D eigenvalue weighted by Crippen LogP contribution is -2.38. The molecule has 13 heteroatoms. The molecule has 0 spiro atoms. The standard InChI is InChI=1S/C23H24Cl3N5O4S/c1-13-18(12-36-22-28-29-30-31(22)2)34-20(35-19(13)15-5-3-14(11-32)4-6-15)16-7-9-17(10-8-16)27-21(33)23(24,25)26/h3-10,13,18-20,32H,11-12H2,1-2H3,(H,27,33)/t13-,18+,19+,20+/m0/s1. The highest BCUT2D eigenvalue weighted by molar-refractivity contribution is 7.99. The number of aliphatic hydroxyl groups is 1. The van der Waals surface area contributed by atoms with Gasteiger partial charge >= 0.3 is 0 Å². The zero-order valence-electron chi connectivity index (χ0n) is 19.3. The second kappa shape index (κ2) is 11.6. The van der Waals surface area contributed by atoms with Crippen molar-refractivity contribution < 1.29 is 19.4 Å². The van der Waals surface area contributed by atoms with Gasteiger partial charge in [-0.2, -0.15) is 0 Å². The second-order valence-corrected chi connectivity index (χ2v) is 11.6. The van der Waals surface area contributed by atoms with E-state index in [1.165, 1.54) is 11.8 Å². The molecule has 2 aromatic carbocycles. The number of aliphatic hydroxyl groups excluding tert-OH is 1. The topological polar surface area (TPSA) is 111 Å². The van der Waals surface area contributed by atoms with Gasteiger partial charge in [0.05, 0.1) is 18.8 Å². The number of amides is 1. The van der Waals surface area contributed by atoms with E-state index in [1.54, 1.807) is 36.0 Å². The number of aromatic nitrogens is 4. The van der Waals surface area contributed by atoms with Crippen LogP contribution in [0.4, 0.5) is 5.69 Å². The molecule has 1 saturated heterocycles. The van der Waals surface area contributed by atoms with E-state index in [1.807, 2.05) is 24.3 Å². The molecule has 1 aliphatic rings. The summed E-state index contributed by atoms with van der Waals surface area (Å²) in [4.78, 5) is 11.9. The first-order valence-electron chi connectivity index (χ1n) is 11.0. The van der Waals surface area contributed by atoms with E-state index in [0.717, 1.165) is 16.7 Å². The Bertz CT molecular complexity index is 1170. The molecule has 192 valence electrons. The Morgan fingerprint density at radius 2 is 1.78 bits per heavy atom. The predicted molar refractivity (Wildman–Crippen MR) is 138 cm³/mol. The maximum absolute atomic E-state index is 11.9. The minimum atomic E-state index is -2.06. The molecular weight excluding hydrogens is 549 g/mol. The monoisotopic (exact) mass is 571 g/mol. The molecular formula is C23H24Cl3N5O4S. The van der Waals surface area contributed by atoms with Crippen molar-refractivity contribution in [3.8, 4) is 0 Å². The number of ether oxygens (including phenoxy) is 2. The highest BCUT2D eigenvalue weighted by atomic mass is 35.6. The summed E-state index contributed by atoms with van der Waals surface area (Å²) in [6.45, 7) is 2.05. The molecule has 36 heavy (non-hydrogen) atoms. The van der Waals surface area contributed by atoms with Gasteiger partial charge in [0.1, 0.15) is 0 Å². The smallest absolute Gasteiger partial charge is 0.276 e. The lowest BCUT2D eigenvalue weighted by molar-refractivity contribution is -0.268. The van der Waals surface area contributed by atoms with Crippen LogP contribution in [-0.4, -0.2) is 46.9 Å². The van der Waals surface area contributed by atoms with E-state index in [9.17, 15) is 9.90 Å². The van der Waals surface area contributed by atoms with E-state index >= 15 is 0 Å². The predicted octanol–water partition coefficient (Wildman–Crippen LogP) is 4.59. The molecule has 0 saturated carbocycles. The molecule has 0 unspecified atom stereocenters. The van der Waals surface area contributed by atoms with Crippen molar-refractivity contribution in [3.63, 3.8) is 0 Å². The van der Waals surface area contributed by atoms with Crippen molar-refractivity contribution >= 4 is 58.2 Å². The Balaban J connectivity index is 1.55. The van der Waals surface area contributed by atoms with Gasteiger partial charge in [-0.25, -0.2) is 4.68 Å². The lowest BCUT2D eigenvalue weighted by atomic mass is 9.91. The molecule has 1 aromatic heterocycles. The van der Waals surface area contributed by atoms with Gasteiger partial charge in [0.25, 0.3) is 9.70 Å². The van der Waals surface area contributed by atoms with Crippen LogP contribution in [0.1, 0.15) is 36.0 Å². The fraction of sp³-hybridized carbons (Fsp3) is 0.391. The Morgan fingerprint density at radius 3 is 2.36 bits per heavy atom. The molecule has 3 aromatic rings. The van der Waals surface area contributed by atoms with Crippen LogP contribution in [0.25, 0.3) is 0 Å². The molecule has 0 aliphatic carbocycles. The number of alkyl halides is 3. The van der Waals surface area contributed by atoms with Crippen LogP contribution in [0.3, 0.4) is 0 Å². The lowest BCUT2D eigenvalue weighted by Gasteiger charge is -2.41. The summed E-state index contributed by atoms with van der Waals surface area (Å²) in [5.74, 6) is -0.128. The molecule has 4 atom stereocenters. The van der Waals surface area contributed by atoms with Crippen molar-refractivity contribution in [2.24, 2.45) is 13.0 Å². The number of hydrogen-bond acceptors (Lipinski definition) is 8. The average molecular weight is 573 g/mol. The van der Waals surface area contributed by atoms with Gasteiger partial charge < -0.3 is 19.9 Å². The van der Waals surface area contributed by atoms with Gasteiger partial charge in [0, 0.05) is 30.0 Å². The number of thioether (sulfide) groups is 1. The van der Waals surface area contributed by atoms with Gasteiger partial charge in [-0.05, 0) is 33.7 Å². The third-order valence-corrected chi connectivity index (χ3v) is 7.39. The Labute approximate surface area is 227 Å². The van der Waals surface area contributed by atoms with Crippen LogP contribution in [0.5, 0.6) is 0 Å². The molecule has 9 nitrogen and oxygen atoms in total. The SMILES string of the molecule is C[C@H]1[C@@H](CSc2nnnn2C)O[C@@H](c2ccc(NC(=O)C(Cl)(Cl)Cl)cc2)O[C@H]1c1ccc(CO)cc1. The van der Waals surface area contributed by atoms with Crippen LogP contribution >= 0.6 is 46.6 Å². The van der Waals surface area contributed by atoms with E-state index in [2.05, 4.69) is 27.8 Å². The third kappa shape index (κ3) is 6.49. The largest absolute Gasteiger partial charge is 0.392 e. The van der Waals surface area contributed by atoms with Crippen molar-refractivity contribution in [3.05, 3.63) is 65.2 Å². The minimum absolute atomic E-state index is 0.0118. The summed E-state index contributed by atoms with van der Waals surface area (Å²) in [5.41, 5.74) is 3.04. The molecule has 2 N–H and O–H groups in total. The van der Waals surface area contributed by atoms with E-state index in [0.29, 0.717) is 16.6 Å². The molecule has 2 heterocycles. The molecule has 1 amide bonds. The number of benzene rings is 2. The summed E-state index contributed by atoms with van der Waals surface area (Å²) in [5, 5.41) is 24.3. The van der Waals surface area contributed by atoms with E-state index in [-0.39, 0.29) is 24.7 Å². The number of carbonyl (C=O) groups excluding carboxylic acids is 1. The number of tetrazole rings is 1. The normalized spacial score (nSPS) is 22.4. The summed E-state index contributed by atoms with van der Waals surface area (Å²) in [6.07, 6.45) is -1.11. The van der Waals surface area contributed by atoms with Crippen LogP contribution in [-0.2, 0) is 27.9 Å². The quantitative estimate of drug-likeness (QED) is 0.312. The van der Waals surface area contributed by atoms with Crippen molar-refractivity contribution in [1.82, 2.24) is 20.2 Å². The highest BCUT2D eigenvalue weighted by Gasteiger charge is 2.38. The maximum Gasteiger partial charge on any atom is 0.276 e. The highest BCUT2D eigenvalue weighted by Crippen LogP contribution is 2.43. The molecule has 4 rings (SSSR count). The number of rotatable bonds is 7. The number of halogens is 3. The van der Waals surface area contributed by atoms with Crippen LogP contribution < -0.4 is 5.32 Å². The zero-order chi connectivity index (χ0) is 25.9. The van der Waals surface area contributed by atoms with Crippen LogP contribution in [0, 0.1) is 5.92 Å². The van der Waals surface area contributed by atoms with Gasteiger partial charge in [-0.15, -0.1) is 5.10 Å². The van der Waals surface area contributed by atoms with Crippen molar-refractivity contribution in [2.45, 2.75) is 41.0 Å². The fourth-order valence-corrected chi connectivity index (χ4v) is 4.89. The van der Waals surface area contributed by atoms with Crippen LogP contribution in [0.2, 0.25) is 0 Å². The van der Waals surface area contributed by atoms with Crippen molar-refractivity contribution in [2.75, 3.05) is 11.1 Å². The molecule has 1 fully saturated rings. The number of aryl methyl sites for hydroxylation is 1. The summed E-state index contributed by atoms with van der Waals surface area (Å²) >= 11 is 18.4. The first kappa shape index (κ1) is 27.1. The van der Waals surface area contributed by atoms with Gasteiger partial charge in [0.2, 0.25) is 5.16 Å². The van der Waals surface area contributed by atoms with E-state index < -0.39 is 16.0 Å². The Kier molecular flexibility index (Phi) is 8.77. The molecule has 1 aliphatic heterocycles. The number of nitrogens with one attached hydrogen (secondary N) is 1. The average Bonchev–Trinajstić information content (AvgIpc) is 3.28. The number of carbonyl (C=O) groups is 1. The first-order valence-corrected chi connectivity index (χ1v) is 13.1. The summed E-state index contributed by atoms with van der Waals surface area (Å²) < 4.78 is 12.4. The Hall–Kier alpha value is -1.92. The second-order valence-electron chi connectivity index (χ2n) is 8.29. The fourth-order valence-electron chi connectivity index (χ4n) is 3.74. The number of hydrogen-bond donors (Lipinski definition) is 2. The summed E-state index contributed by atoms with van der Waals surface area (Å²) in [7, 11) is 1.79. The Morgan fingerprint density at radius 1 is 1.11 bits per heavy atom. The van der Waals surface area contributed by atoms with Crippen LogP contribution in [0.15, 0.2) is 53.7 Å². The first-order chi connectivity index (χ1) is 17.2. The molecule has 0 bridgehead atoms.